The molecule has 1 aliphatic heterocycles. The lowest BCUT2D eigenvalue weighted by Crippen LogP contribution is -2.32. The number of aryl methyl sites for hydroxylation is 1. The Morgan fingerprint density at radius 3 is 2.92 bits per heavy atom. The van der Waals surface area contributed by atoms with Crippen LogP contribution in [-0.2, 0) is 21.0 Å². The van der Waals surface area contributed by atoms with Gasteiger partial charge in [0, 0.05) is 24.4 Å². The van der Waals surface area contributed by atoms with Gasteiger partial charge in [-0.2, -0.15) is 0 Å². The molecule has 2 atom stereocenters. The van der Waals surface area contributed by atoms with Crippen LogP contribution in [0.5, 0.6) is 0 Å². The number of hydrogen-bond donors (Lipinski definition) is 1. The summed E-state index contributed by atoms with van der Waals surface area (Å²) < 4.78 is 14.7. The number of carbonyl (C=O) groups is 2. The summed E-state index contributed by atoms with van der Waals surface area (Å²) in [5.74, 6) is 0.245. The number of rotatable bonds is 8. The second-order valence-electron chi connectivity index (χ2n) is 5.50. The fourth-order valence-corrected chi connectivity index (χ4v) is 4.33. The van der Waals surface area contributed by atoms with Gasteiger partial charge in [-0.25, -0.2) is 0 Å². The minimum Gasteiger partial charge on any atom is -0.593 e. The second kappa shape index (κ2) is 9.24. The minimum absolute atomic E-state index is 0.0590. The molecule has 1 aromatic carbocycles. The summed E-state index contributed by atoms with van der Waals surface area (Å²) in [4.78, 5) is 23.5. The summed E-state index contributed by atoms with van der Waals surface area (Å²) in [6, 6.07) is 5.69. The number of nitrogens with two attached hydrogens (primary N) is 1. The smallest absolute Gasteiger partial charge is 0.214 e. The van der Waals surface area contributed by atoms with Gasteiger partial charge in [-0.1, -0.05) is 23.9 Å². The normalized spacial score (nSPS) is 19.5. The van der Waals surface area contributed by atoms with E-state index in [0.29, 0.717) is 30.0 Å². The van der Waals surface area contributed by atoms with Crippen molar-refractivity contribution in [1.29, 1.82) is 0 Å². The first-order valence-electron chi connectivity index (χ1n) is 7.53. The Morgan fingerprint density at radius 1 is 1.50 bits per heavy atom. The number of benzene rings is 1. The molecule has 1 amide bonds. The molecule has 0 aromatic heterocycles. The molecule has 2 unspecified atom stereocenters. The van der Waals surface area contributed by atoms with Crippen molar-refractivity contribution in [2.75, 3.05) is 19.0 Å². The number of carbonyl (C=O) groups excluding carboxylic acids is 2. The molecule has 0 bridgehead atoms. The molecule has 0 spiro atoms. The molecule has 8 heteroatoms. The summed E-state index contributed by atoms with van der Waals surface area (Å²) in [5.41, 5.74) is 8.38. The van der Waals surface area contributed by atoms with Gasteiger partial charge >= 0.3 is 0 Å². The number of hydrogen-bond acceptors (Lipinski definition) is 6. The van der Waals surface area contributed by atoms with Crippen LogP contribution in [0.3, 0.4) is 0 Å². The molecule has 1 aromatic rings. The van der Waals surface area contributed by atoms with Gasteiger partial charge in [0.25, 0.3) is 0 Å². The van der Waals surface area contributed by atoms with Crippen LogP contribution in [0.25, 0.3) is 6.08 Å². The van der Waals surface area contributed by atoms with E-state index in [0.717, 1.165) is 29.3 Å². The van der Waals surface area contributed by atoms with Gasteiger partial charge in [-0.05, 0) is 31.1 Å². The van der Waals surface area contributed by atoms with Crippen molar-refractivity contribution in [2.45, 2.75) is 24.3 Å². The summed E-state index contributed by atoms with van der Waals surface area (Å²) in [6.07, 6.45) is 4.85. The largest absolute Gasteiger partial charge is 0.593 e. The molecule has 0 saturated carbocycles. The van der Waals surface area contributed by atoms with E-state index in [1.165, 1.54) is 4.90 Å². The molecule has 1 saturated heterocycles. The molecular weight excluding hydrogens is 346 g/mol. The second-order valence-corrected chi connectivity index (χ2v) is 7.74. The van der Waals surface area contributed by atoms with Gasteiger partial charge in [0.1, 0.15) is 0 Å². The van der Waals surface area contributed by atoms with Crippen LogP contribution in [0.15, 0.2) is 29.3 Å². The van der Waals surface area contributed by atoms with Crippen molar-refractivity contribution in [3.8, 4) is 0 Å². The van der Waals surface area contributed by atoms with E-state index < -0.39 is 11.4 Å². The zero-order valence-corrected chi connectivity index (χ0v) is 15.1. The average Bonchev–Trinajstić information content (AvgIpc) is 3.01. The molecule has 1 heterocycles. The molecule has 1 aliphatic rings. The van der Waals surface area contributed by atoms with E-state index in [1.807, 2.05) is 29.4 Å². The van der Waals surface area contributed by atoms with Crippen LogP contribution in [0.4, 0.5) is 0 Å². The van der Waals surface area contributed by atoms with Crippen LogP contribution in [0.1, 0.15) is 17.5 Å². The standard InChI is InChI=1S/C16H21N3O3S2/c1-13-3-2-4-16(24(22)19-8-5-14(17)9-19)15(13)6-7-18(10-20)11-23-12-21/h2-4,6-7,10,12,14H,5,8-9,11,17H2,1H3/b7-6-. The van der Waals surface area contributed by atoms with Crippen LogP contribution in [-0.4, -0.2) is 50.8 Å². The van der Waals surface area contributed by atoms with Gasteiger partial charge in [0.2, 0.25) is 6.41 Å². The third-order valence-electron chi connectivity index (χ3n) is 3.75. The summed E-state index contributed by atoms with van der Waals surface area (Å²) >= 11 is -0.297. The molecule has 0 aliphatic carbocycles. The maximum absolute atomic E-state index is 12.9. The summed E-state index contributed by atoms with van der Waals surface area (Å²) in [6.45, 7) is 3.25. The Morgan fingerprint density at radius 2 is 2.29 bits per heavy atom. The molecule has 2 N–H and O–H groups in total. The van der Waals surface area contributed by atoms with E-state index in [4.69, 9.17) is 5.73 Å². The minimum atomic E-state index is -1.29. The summed E-state index contributed by atoms with van der Waals surface area (Å²) in [7, 11) is 0. The van der Waals surface area contributed by atoms with Crippen molar-refractivity contribution in [1.82, 2.24) is 9.21 Å². The third kappa shape index (κ3) is 4.84. The highest BCUT2D eigenvalue weighted by Gasteiger charge is 2.31. The Kier molecular flexibility index (Phi) is 7.32. The Hall–Kier alpha value is -1.32. The zero-order chi connectivity index (χ0) is 17.5. The number of thioether (sulfide) groups is 1. The predicted octanol–water partition coefficient (Wildman–Crippen LogP) is 1.36. The first-order chi connectivity index (χ1) is 11.6. The lowest BCUT2D eigenvalue weighted by Gasteiger charge is -2.21. The van der Waals surface area contributed by atoms with Gasteiger partial charge in [0.15, 0.2) is 10.5 Å². The van der Waals surface area contributed by atoms with Crippen molar-refractivity contribution in [2.24, 2.45) is 5.73 Å². The average molecular weight is 367 g/mol. The molecule has 2 rings (SSSR count). The molecular formula is C16H21N3O3S2. The van der Waals surface area contributed by atoms with E-state index in [1.54, 1.807) is 12.3 Å². The quantitative estimate of drug-likeness (QED) is 0.424. The van der Waals surface area contributed by atoms with Gasteiger partial charge in [-0.3, -0.25) is 9.59 Å². The van der Waals surface area contributed by atoms with Crippen LogP contribution >= 0.6 is 11.8 Å². The van der Waals surface area contributed by atoms with Crippen molar-refractivity contribution < 1.29 is 14.1 Å². The Balaban J connectivity index is 2.22. The maximum Gasteiger partial charge on any atom is 0.214 e. The van der Waals surface area contributed by atoms with Gasteiger partial charge in [-0.15, -0.1) is 4.31 Å². The first-order valence-corrected chi connectivity index (χ1v) is 9.69. The lowest BCUT2D eigenvalue weighted by atomic mass is 10.1. The highest BCUT2D eigenvalue weighted by molar-refractivity contribution is 8.11. The SMILES string of the molecule is Cc1cccc([S+]([O-])N2CCC(N)C2)c1/C=C\N(C=O)CSC=O. The van der Waals surface area contributed by atoms with Crippen LogP contribution < -0.4 is 5.73 Å². The van der Waals surface area contributed by atoms with Gasteiger partial charge < -0.3 is 15.2 Å². The zero-order valence-electron chi connectivity index (χ0n) is 13.5. The monoisotopic (exact) mass is 367 g/mol. The Bertz CT molecular complexity index is 612. The highest BCUT2D eigenvalue weighted by Crippen LogP contribution is 2.26. The van der Waals surface area contributed by atoms with E-state index >= 15 is 0 Å². The Labute approximate surface area is 149 Å². The van der Waals surface area contributed by atoms with Crippen molar-refractivity contribution >= 4 is 41.2 Å². The fourth-order valence-electron chi connectivity index (χ4n) is 2.46. The van der Waals surface area contributed by atoms with Crippen LogP contribution in [0.2, 0.25) is 0 Å². The van der Waals surface area contributed by atoms with Crippen molar-refractivity contribution in [3.05, 3.63) is 35.5 Å². The van der Waals surface area contributed by atoms with Crippen LogP contribution in [0, 0.1) is 6.92 Å². The van der Waals surface area contributed by atoms with Gasteiger partial charge in [0.05, 0.1) is 23.8 Å². The predicted molar refractivity (Wildman–Crippen MR) is 97.9 cm³/mol. The number of nitrogens with zero attached hydrogens (tertiary/aromatic N) is 2. The van der Waals surface area contributed by atoms with Crippen molar-refractivity contribution in [3.63, 3.8) is 0 Å². The topological polar surface area (TPSA) is 89.7 Å². The molecule has 24 heavy (non-hydrogen) atoms. The van der Waals surface area contributed by atoms with E-state index in [9.17, 15) is 14.1 Å². The fraction of sp³-hybridized carbons (Fsp3) is 0.375. The summed E-state index contributed by atoms with van der Waals surface area (Å²) in [5, 5.41) is 0. The maximum atomic E-state index is 12.9. The lowest BCUT2D eigenvalue weighted by molar-refractivity contribution is -0.115. The third-order valence-corrected chi connectivity index (χ3v) is 5.87. The highest BCUT2D eigenvalue weighted by atomic mass is 32.2. The number of amides is 1. The molecule has 0 radical (unpaired) electrons. The first kappa shape index (κ1) is 19.0. The molecule has 1 fully saturated rings. The molecule has 6 nitrogen and oxygen atoms in total. The van der Waals surface area contributed by atoms with E-state index in [-0.39, 0.29) is 11.9 Å². The van der Waals surface area contributed by atoms with E-state index in [2.05, 4.69) is 0 Å². The molecule has 130 valence electrons.